The maximum absolute atomic E-state index is 5.80. The highest BCUT2D eigenvalue weighted by Gasteiger charge is 2.18. The Morgan fingerprint density at radius 2 is 1.85 bits per heavy atom. The van der Waals surface area contributed by atoms with Crippen molar-refractivity contribution in [2.45, 2.75) is 26.8 Å². The second-order valence-corrected chi connectivity index (χ2v) is 4.93. The molecule has 0 fully saturated rings. The zero-order valence-electron chi connectivity index (χ0n) is 12.3. The van der Waals surface area contributed by atoms with Crippen LogP contribution in [-0.2, 0) is 0 Å². The third kappa shape index (κ3) is 3.00. The Hall–Kier alpha value is -1.84. The van der Waals surface area contributed by atoms with Gasteiger partial charge in [-0.3, -0.25) is 5.84 Å². The molecule has 0 radical (unpaired) electrons. The number of benzene rings is 2. The van der Waals surface area contributed by atoms with Gasteiger partial charge in [-0.25, -0.2) is 5.43 Å². The molecule has 0 aromatic heterocycles. The van der Waals surface area contributed by atoms with Crippen LogP contribution in [0.4, 0.5) is 0 Å². The first-order valence-electron chi connectivity index (χ1n) is 6.92. The van der Waals surface area contributed by atoms with Gasteiger partial charge in [-0.2, -0.15) is 0 Å². The average Bonchev–Trinajstić information content (AvgIpc) is 2.44. The maximum atomic E-state index is 5.80. The van der Waals surface area contributed by atoms with Crippen LogP contribution in [0, 0.1) is 13.8 Å². The molecule has 0 bridgehead atoms. The van der Waals surface area contributed by atoms with Crippen molar-refractivity contribution in [3.63, 3.8) is 0 Å². The quantitative estimate of drug-likeness (QED) is 0.647. The summed E-state index contributed by atoms with van der Waals surface area (Å²) in [5.41, 5.74) is 7.62. The molecule has 0 spiro atoms. The van der Waals surface area contributed by atoms with Gasteiger partial charge < -0.3 is 4.74 Å². The normalized spacial score (nSPS) is 12.2. The van der Waals surface area contributed by atoms with Crippen molar-refractivity contribution in [2.24, 2.45) is 5.84 Å². The fourth-order valence-corrected chi connectivity index (χ4v) is 2.50. The molecule has 3 N–H and O–H groups in total. The van der Waals surface area contributed by atoms with E-state index >= 15 is 0 Å². The lowest BCUT2D eigenvalue weighted by molar-refractivity contribution is 0.333. The predicted octanol–water partition coefficient (Wildman–Crippen LogP) is 3.25. The summed E-state index contributed by atoms with van der Waals surface area (Å²) in [4.78, 5) is 0. The van der Waals surface area contributed by atoms with Crippen LogP contribution in [0.3, 0.4) is 0 Å². The Balaban J connectivity index is 2.47. The lowest BCUT2D eigenvalue weighted by atomic mass is 9.94. The lowest BCUT2D eigenvalue weighted by Gasteiger charge is -2.22. The SMILES string of the molecule is CCOc1ccccc1C(NN)c1ccc(C)cc1C. The fraction of sp³-hybridized carbons (Fsp3) is 0.294. The maximum Gasteiger partial charge on any atom is 0.124 e. The number of para-hydroxylation sites is 1. The van der Waals surface area contributed by atoms with Crippen molar-refractivity contribution in [2.75, 3.05) is 6.61 Å². The van der Waals surface area contributed by atoms with E-state index in [1.807, 2.05) is 25.1 Å². The van der Waals surface area contributed by atoms with Crippen LogP contribution in [0.2, 0.25) is 0 Å². The standard InChI is InChI=1S/C17H22N2O/c1-4-20-16-8-6-5-7-15(16)17(19-18)14-10-9-12(2)11-13(14)3/h5-11,17,19H,4,18H2,1-3H3. The van der Waals surface area contributed by atoms with Crippen molar-refractivity contribution in [1.29, 1.82) is 0 Å². The number of ether oxygens (including phenoxy) is 1. The highest BCUT2D eigenvalue weighted by atomic mass is 16.5. The third-order valence-corrected chi connectivity index (χ3v) is 3.43. The Morgan fingerprint density at radius 3 is 2.50 bits per heavy atom. The van der Waals surface area contributed by atoms with Gasteiger partial charge in [0.05, 0.1) is 12.6 Å². The Morgan fingerprint density at radius 1 is 1.10 bits per heavy atom. The summed E-state index contributed by atoms with van der Waals surface area (Å²) >= 11 is 0. The van der Waals surface area contributed by atoms with Crippen LogP contribution < -0.4 is 16.0 Å². The number of hydrogen-bond acceptors (Lipinski definition) is 3. The summed E-state index contributed by atoms with van der Waals surface area (Å²) in [5, 5.41) is 0. The fourth-order valence-electron chi connectivity index (χ4n) is 2.50. The van der Waals surface area contributed by atoms with Gasteiger partial charge in [-0.1, -0.05) is 42.0 Å². The van der Waals surface area contributed by atoms with Gasteiger partial charge in [0.25, 0.3) is 0 Å². The molecule has 0 aliphatic heterocycles. The van der Waals surface area contributed by atoms with Gasteiger partial charge in [-0.05, 0) is 38.0 Å². The Labute approximate surface area is 120 Å². The molecular formula is C17H22N2O. The monoisotopic (exact) mass is 270 g/mol. The van der Waals surface area contributed by atoms with E-state index in [1.54, 1.807) is 0 Å². The van der Waals surface area contributed by atoms with Crippen LogP contribution in [0.25, 0.3) is 0 Å². The highest BCUT2D eigenvalue weighted by Crippen LogP contribution is 2.31. The number of hydrazine groups is 1. The summed E-state index contributed by atoms with van der Waals surface area (Å²) in [6, 6.07) is 14.3. The molecule has 106 valence electrons. The largest absolute Gasteiger partial charge is 0.494 e. The van der Waals surface area contributed by atoms with Gasteiger partial charge in [0.1, 0.15) is 5.75 Å². The van der Waals surface area contributed by atoms with Crippen LogP contribution in [0.15, 0.2) is 42.5 Å². The first-order valence-corrected chi connectivity index (χ1v) is 6.92. The molecule has 0 saturated carbocycles. The topological polar surface area (TPSA) is 47.3 Å². The van der Waals surface area contributed by atoms with E-state index in [1.165, 1.54) is 16.7 Å². The van der Waals surface area contributed by atoms with Crippen LogP contribution in [0.5, 0.6) is 5.75 Å². The van der Waals surface area contributed by atoms with Crippen LogP contribution in [0.1, 0.15) is 35.2 Å². The molecule has 3 heteroatoms. The number of aryl methyl sites for hydroxylation is 2. The molecule has 2 rings (SSSR count). The van der Waals surface area contributed by atoms with Crippen molar-refractivity contribution in [1.82, 2.24) is 5.43 Å². The smallest absolute Gasteiger partial charge is 0.124 e. The summed E-state index contributed by atoms with van der Waals surface area (Å²) in [6.45, 7) is 6.83. The first-order chi connectivity index (χ1) is 9.67. The van der Waals surface area contributed by atoms with Crippen molar-refractivity contribution < 1.29 is 4.74 Å². The molecule has 20 heavy (non-hydrogen) atoms. The molecule has 0 heterocycles. The summed E-state index contributed by atoms with van der Waals surface area (Å²) < 4.78 is 5.71. The van der Waals surface area contributed by atoms with E-state index in [4.69, 9.17) is 10.6 Å². The van der Waals surface area contributed by atoms with Crippen LogP contribution in [-0.4, -0.2) is 6.61 Å². The molecule has 0 saturated heterocycles. The third-order valence-electron chi connectivity index (χ3n) is 3.43. The number of hydrogen-bond donors (Lipinski definition) is 2. The molecule has 3 nitrogen and oxygen atoms in total. The molecular weight excluding hydrogens is 248 g/mol. The van der Waals surface area contributed by atoms with E-state index in [2.05, 4.69) is 43.5 Å². The Kier molecular flexibility index (Phi) is 4.77. The minimum atomic E-state index is -0.0710. The summed E-state index contributed by atoms with van der Waals surface area (Å²) in [5.74, 6) is 6.68. The average molecular weight is 270 g/mol. The predicted molar refractivity (Wildman–Crippen MR) is 82.7 cm³/mol. The number of rotatable bonds is 5. The zero-order chi connectivity index (χ0) is 14.5. The summed E-state index contributed by atoms with van der Waals surface area (Å²) in [7, 11) is 0. The second kappa shape index (κ2) is 6.55. The van der Waals surface area contributed by atoms with Crippen LogP contribution >= 0.6 is 0 Å². The van der Waals surface area contributed by atoms with Gasteiger partial charge in [0, 0.05) is 5.56 Å². The van der Waals surface area contributed by atoms with E-state index in [0.29, 0.717) is 6.61 Å². The summed E-state index contributed by atoms with van der Waals surface area (Å²) in [6.07, 6.45) is 0. The van der Waals surface area contributed by atoms with Gasteiger partial charge in [0.2, 0.25) is 0 Å². The molecule has 1 atom stereocenters. The molecule has 0 aliphatic rings. The van der Waals surface area contributed by atoms with E-state index < -0.39 is 0 Å². The second-order valence-electron chi connectivity index (χ2n) is 4.93. The van der Waals surface area contributed by atoms with Crippen molar-refractivity contribution in [3.8, 4) is 5.75 Å². The highest BCUT2D eigenvalue weighted by molar-refractivity contribution is 5.44. The van der Waals surface area contributed by atoms with Gasteiger partial charge in [0.15, 0.2) is 0 Å². The number of nitrogens with two attached hydrogens (primary N) is 1. The minimum Gasteiger partial charge on any atom is -0.494 e. The minimum absolute atomic E-state index is 0.0710. The van der Waals surface area contributed by atoms with Crippen molar-refractivity contribution in [3.05, 3.63) is 64.7 Å². The molecule has 0 amide bonds. The molecule has 1 unspecified atom stereocenters. The van der Waals surface area contributed by atoms with E-state index in [0.717, 1.165) is 11.3 Å². The van der Waals surface area contributed by atoms with Crippen molar-refractivity contribution >= 4 is 0 Å². The van der Waals surface area contributed by atoms with E-state index in [-0.39, 0.29) is 6.04 Å². The van der Waals surface area contributed by atoms with Gasteiger partial charge >= 0.3 is 0 Å². The number of nitrogens with one attached hydrogen (secondary N) is 1. The van der Waals surface area contributed by atoms with Gasteiger partial charge in [-0.15, -0.1) is 0 Å². The zero-order valence-corrected chi connectivity index (χ0v) is 12.3. The molecule has 0 aliphatic carbocycles. The molecule has 2 aromatic rings. The molecule has 2 aromatic carbocycles. The Bertz CT molecular complexity index is 581. The lowest BCUT2D eigenvalue weighted by Crippen LogP contribution is -2.29. The first kappa shape index (κ1) is 14.6. The van der Waals surface area contributed by atoms with E-state index in [9.17, 15) is 0 Å².